The normalized spacial score (nSPS) is 11.0. The second kappa shape index (κ2) is 6.18. The molecule has 4 rings (SSSR count). The van der Waals surface area contributed by atoms with Crippen LogP contribution in [0.1, 0.15) is 11.1 Å². The van der Waals surface area contributed by atoms with E-state index in [1.165, 1.54) is 15.8 Å². The molecule has 0 aliphatic rings. The van der Waals surface area contributed by atoms with Gasteiger partial charge in [-0.05, 0) is 23.3 Å². The Morgan fingerprint density at radius 2 is 1.83 bits per heavy atom. The molecule has 5 nitrogen and oxygen atoms in total. The minimum Gasteiger partial charge on any atom is -0.357 e. The highest BCUT2D eigenvalue weighted by Crippen LogP contribution is 2.25. The van der Waals surface area contributed by atoms with Crippen LogP contribution in [0.15, 0.2) is 61.2 Å². The number of anilines is 1. The molecule has 2 aromatic heterocycles. The molecule has 0 unspecified atom stereocenters. The van der Waals surface area contributed by atoms with Gasteiger partial charge in [-0.2, -0.15) is 5.10 Å². The van der Waals surface area contributed by atoms with Crippen molar-refractivity contribution in [3.8, 4) is 0 Å². The maximum atomic E-state index is 4.58. The van der Waals surface area contributed by atoms with Crippen molar-refractivity contribution in [3.05, 3.63) is 72.3 Å². The molecule has 0 amide bonds. The smallest absolute Gasteiger partial charge is 0.184 e. The summed E-state index contributed by atoms with van der Waals surface area (Å²) in [4.78, 5) is 8.54. The highest BCUT2D eigenvalue weighted by molar-refractivity contribution is 7.22. The van der Waals surface area contributed by atoms with E-state index in [-0.39, 0.29) is 0 Å². The number of nitrogens with one attached hydrogen (secondary N) is 1. The number of rotatable bonds is 5. The summed E-state index contributed by atoms with van der Waals surface area (Å²) in [5, 5.41) is 8.47. The Kier molecular flexibility index (Phi) is 3.73. The number of hydrogen-bond acceptors (Lipinski definition) is 5. The van der Waals surface area contributed by atoms with Gasteiger partial charge in [0.1, 0.15) is 12.7 Å². The molecule has 1 N–H and O–H groups in total. The molecule has 0 aliphatic heterocycles. The first-order chi connectivity index (χ1) is 11.4. The van der Waals surface area contributed by atoms with E-state index in [2.05, 4.69) is 50.7 Å². The number of benzene rings is 2. The first-order valence-corrected chi connectivity index (χ1v) is 8.18. The summed E-state index contributed by atoms with van der Waals surface area (Å²) in [6.45, 7) is 1.51. The van der Waals surface area contributed by atoms with E-state index < -0.39 is 0 Å². The third-order valence-corrected chi connectivity index (χ3v) is 4.57. The molecule has 4 aromatic rings. The summed E-state index contributed by atoms with van der Waals surface area (Å²) in [5.41, 5.74) is 3.48. The average molecular weight is 321 g/mol. The van der Waals surface area contributed by atoms with Gasteiger partial charge in [-0.3, -0.25) is 0 Å². The molecule has 2 heterocycles. The highest BCUT2D eigenvalue weighted by atomic mass is 32.1. The number of para-hydroxylation sites is 1. The number of hydrogen-bond donors (Lipinski definition) is 1. The van der Waals surface area contributed by atoms with Crippen LogP contribution in [0.5, 0.6) is 0 Å². The molecule has 6 heteroatoms. The topological polar surface area (TPSA) is 55.6 Å². The molecule has 114 valence electrons. The monoisotopic (exact) mass is 321 g/mol. The Labute approximate surface area is 137 Å². The summed E-state index contributed by atoms with van der Waals surface area (Å²) >= 11 is 1.68. The molecule has 0 aliphatic carbocycles. The predicted octanol–water partition coefficient (Wildman–Crippen LogP) is 3.55. The summed E-state index contributed by atoms with van der Waals surface area (Å²) < 4.78 is 3.02. The molecule has 0 saturated carbocycles. The number of fused-ring (bicyclic) bond motifs is 1. The molecule has 23 heavy (non-hydrogen) atoms. The zero-order valence-corrected chi connectivity index (χ0v) is 13.2. The van der Waals surface area contributed by atoms with Crippen LogP contribution < -0.4 is 5.32 Å². The van der Waals surface area contributed by atoms with Gasteiger partial charge in [0.15, 0.2) is 5.13 Å². The van der Waals surface area contributed by atoms with Crippen LogP contribution in [0.2, 0.25) is 0 Å². The van der Waals surface area contributed by atoms with E-state index in [1.54, 1.807) is 24.0 Å². The largest absolute Gasteiger partial charge is 0.357 e. The summed E-state index contributed by atoms with van der Waals surface area (Å²) in [6, 6.07) is 16.7. The molecule has 0 spiro atoms. The molecule has 2 aromatic carbocycles. The van der Waals surface area contributed by atoms with Gasteiger partial charge >= 0.3 is 0 Å². The van der Waals surface area contributed by atoms with Gasteiger partial charge in [0.2, 0.25) is 0 Å². The first kappa shape index (κ1) is 13.9. The maximum absolute atomic E-state index is 4.58. The Bertz CT molecular complexity index is 863. The van der Waals surface area contributed by atoms with E-state index in [4.69, 9.17) is 0 Å². The SMILES string of the molecule is c1ccc2sc(NCc3ccc(Cn4cncn4)cc3)nc2c1. The predicted molar refractivity (Wildman–Crippen MR) is 92.5 cm³/mol. The van der Waals surface area contributed by atoms with Crippen LogP contribution in [0, 0.1) is 0 Å². The fourth-order valence-corrected chi connectivity index (χ4v) is 3.25. The van der Waals surface area contributed by atoms with Crippen LogP contribution in [0.25, 0.3) is 10.2 Å². The van der Waals surface area contributed by atoms with Gasteiger partial charge in [0, 0.05) is 6.54 Å². The van der Waals surface area contributed by atoms with Crippen molar-refractivity contribution < 1.29 is 0 Å². The molecule has 0 radical (unpaired) electrons. The van der Waals surface area contributed by atoms with Crippen LogP contribution in [-0.2, 0) is 13.1 Å². The van der Waals surface area contributed by atoms with Gasteiger partial charge in [-0.25, -0.2) is 14.6 Å². The number of nitrogens with zero attached hydrogens (tertiary/aromatic N) is 4. The lowest BCUT2D eigenvalue weighted by molar-refractivity contribution is 0.684. The zero-order chi connectivity index (χ0) is 15.5. The van der Waals surface area contributed by atoms with Gasteiger partial charge in [-0.15, -0.1) is 0 Å². The number of aromatic nitrogens is 4. The third-order valence-electron chi connectivity index (χ3n) is 3.57. The maximum Gasteiger partial charge on any atom is 0.184 e. The second-order valence-electron chi connectivity index (χ2n) is 5.25. The third kappa shape index (κ3) is 3.22. The fourth-order valence-electron chi connectivity index (χ4n) is 2.39. The van der Waals surface area contributed by atoms with Crippen molar-refractivity contribution in [3.63, 3.8) is 0 Å². The Morgan fingerprint density at radius 1 is 1.00 bits per heavy atom. The molecular weight excluding hydrogens is 306 g/mol. The van der Waals surface area contributed by atoms with Crippen LogP contribution in [0.3, 0.4) is 0 Å². The van der Waals surface area contributed by atoms with E-state index in [0.29, 0.717) is 0 Å². The van der Waals surface area contributed by atoms with E-state index in [9.17, 15) is 0 Å². The highest BCUT2D eigenvalue weighted by Gasteiger charge is 2.03. The molecule has 0 saturated heterocycles. The van der Waals surface area contributed by atoms with Gasteiger partial charge in [0.05, 0.1) is 16.8 Å². The van der Waals surface area contributed by atoms with E-state index in [0.717, 1.165) is 23.7 Å². The minimum atomic E-state index is 0.742. The second-order valence-corrected chi connectivity index (χ2v) is 6.28. The lowest BCUT2D eigenvalue weighted by atomic mass is 10.1. The Balaban J connectivity index is 1.40. The van der Waals surface area contributed by atoms with Gasteiger partial charge < -0.3 is 5.32 Å². The lowest BCUT2D eigenvalue weighted by Crippen LogP contribution is -2.01. The van der Waals surface area contributed by atoms with Crippen LogP contribution >= 0.6 is 11.3 Å². The number of thiazole rings is 1. The average Bonchev–Trinajstić information content (AvgIpc) is 3.23. The standard InChI is InChI=1S/C17H15N5S/c1-2-4-16-15(3-1)21-17(23-16)19-9-13-5-7-14(8-6-13)10-22-12-18-11-20-22/h1-8,11-12H,9-10H2,(H,19,21). The van der Waals surface area contributed by atoms with Crippen LogP contribution in [0.4, 0.5) is 5.13 Å². The molecule has 0 atom stereocenters. The summed E-state index contributed by atoms with van der Waals surface area (Å²) in [7, 11) is 0. The molecular formula is C17H15N5S. The van der Waals surface area contributed by atoms with Gasteiger partial charge in [-0.1, -0.05) is 47.7 Å². The van der Waals surface area contributed by atoms with Crippen molar-refractivity contribution in [1.29, 1.82) is 0 Å². The van der Waals surface area contributed by atoms with E-state index in [1.807, 2.05) is 22.9 Å². The fraction of sp³-hybridized carbons (Fsp3) is 0.118. The molecule has 0 bridgehead atoms. The Hall–Kier alpha value is -2.73. The van der Waals surface area contributed by atoms with Crippen molar-refractivity contribution >= 4 is 26.7 Å². The van der Waals surface area contributed by atoms with Crippen LogP contribution in [-0.4, -0.2) is 19.7 Å². The summed E-state index contributed by atoms with van der Waals surface area (Å²) in [6.07, 6.45) is 3.28. The quantitative estimate of drug-likeness (QED) is 0.611. The van der Waals surface area contributed by atoms with Gasteiger partial charge in [0.25, 0.3) is 0 Å². The zero-order valence-electron chi connectivity index (χ0n) is 12.4. The van der Waals surface area contributed by atoms with Crippen molar-refractivity contribution in [2.45, 2.75) is 13.1 Å². The summed E-state index contributed by atoms with van der Waals surface area (Å²) in [5.74, 6) is 0. The van der Waals surface area contributed by atoms with Crippen molar-refractivity contribution in [1.82, 2.24) is 19.7 Å². The Morgan fingerprint density at radius 3 is 2.61 bits per heavy atom. The minimum absolute atomic E-state index is 0.742. The molecule has 0 fully saturated rings. The first-order valence-electron chi connectivity index (χ1n) is 7.36. The van der Waals surface area contributed by atoms with E-state index >= 15 is 0 Å². The lowest BCUT2D eigenvalue weighted by Gasteiger charge is -2.05. The van der Waals surface area contributed by atoms with Crippen molar-refractivity contribution in [2.24, 2.45) is 0 Å². The van der Waals surface area contributed by atoms with Crippen molar-refractivity contribution in [2.75, 3.05) is 5.32 Å².